The van der Waals surface area contributed by atoms with Crippen molar-refractivity contribution in [1.82, 2.24) is 0 Å². The highest BCUT2D eigenvalue weighted by atomic mass is 19.1. The molecule has 2 rings (SSSR count). The van der Waals surface area contributed by atoms with Crippen LogP contribution >= 0.6 is 0 Å². The molecule has 0 aliphatic heterocycles. The quantitative estimate of drug-likeness (QED) is 0.789. The van der Waals surface area contributed by atoms with E-state index in [1.165, 1.54) is 18.2 Å². The number of benzene rings is 2. The third-order valence-corrected chi connectivity index (χ3v) is 2.10. The summed E-state index contributed by atoms with van der Waals surface area (Å²) in [5.41, 5.74) is 5.79. The van der Waals surface area contributed by atoms with E-state index in [2.05, 4.69) is 0 Å². The Morgan fingerprint density at radius 3 is 2.35 bits per heavy atom. The number of rotatable bonds is 2. The standard InChI is InChI=1S/C12H9F2NO2/c13-7-1-3-11(9(14)5-7)17-12-4-2-8(15)6-10(12)16/h1-6,16H,15H2. The maximum Gasteiger partial charge on any atom is 0.169 e. The number of nitrogens with two attached hydrogens (primary N) is 1. The lowest BCUT2D eigenvalue weighted by atomic mass is 10.2. The molecule has 0 amide bonds. The van der Waals surface area contributed by atoms with E-state index in [1.807, 2.05) is 0 Å². The number of ether oxygens (including phenoxy) is 1. The highest BCUT2D eigenvalue weighted by Gasteiger charge is 2.09. The van der Waals surface area contributed by atoms with Gasteiger partial charge in [0.05, 0.1) is 0 Å². The van der Waals surface area contributed by atoms with Gasteiger partial charge in [-0.25, -0.2) is 8.78 Å². The van der Waals surface area contributed by atoms with Crippen molar-refractivity contribution in [1.29, 1.82) is 0 Å². The first-order valence-corrected chi connectivity index (χ1v) is 4.77. The maximum atomic E-state index is 13.3. The molecule has 88 valence electrons. The van der Waals surface area contributed by atoms with Crippen LogP contribution in [0.5, 0.6) is 17.2 Å². The summed E-state index contributed by atoms with van der Waals surface area (Å²) in [6, 6.07) is 7.07. The molecule has 0 aliphatic rings. The largest absolute Gasteiger partial charge is 0.504 e. The second-order valence-corrected chi connectivity index (χ2v) is 3.40. The monoisotopic (exact) mass is 237 g/mol. The van der Waals surface area contributed by atoms with Crippen molar-refractivity contribution in [2.45, 2.75) is 0 Å². The first-order valence-electron chi connectivity index (χ1n) is 4.77. The first kappa shape index (κ1) is 11.2. The van der Waals surface area contributed by atoms with Gasteiger partial charge in [-0.05, 0) is 24.3 Å². The van der Waals surface area contributed by atoms with Crippen LogP contribution in [0.4, 0.5) is 14.5 Å². The molecule has 3 nitrogen and oxygen atoms in total. The predicted octanol–water partition coefficient (Wildman–Crippen LogP) is 3.04. The van der Waals surface area contributed by atoms with Crippen molar-refractivity contribution in [2.24, 2.45) is 0 Å². The molecule has 2 aromatic rings. The summed E-state index contributed by atoms with van der Waals surface area (Å²) in [5, 5.41) is 9.50. The molecule has 0 unspecified atom stereocenters. The van der Waals surface area contributed by atoms with E-state index < -0.39 is 11.6 Å². The maximum absolute atomic E-state index is 13.3. The second kappa shape index (κ2) is 4.29. The molecule has 0 bridgehead atoms. The summed E-state index contributed by atoms with van der Waals surface area (Å²) in [6.07, 6.45) is 0. The van der Waals surface area contributed by atoms with Gasteiger partial charge in [0.1, 0.15) is 5.82 Å². The van der Waals surface area contributed by atoms with Crippen LogP contribution in [-0.2, 0) is 0 Å². The zero-order valence-corrected chi connectivity index (χ0v) is 8.65. The molecule has 5 heteroatoms. The Bertz CT molecular complexity index is 509. The van der Waals surface area contributed by atoms with Crippen molar-refractivity contribution < 1.29 is 18.6 Å². The predicted molar refractivity (Wildman–Crippen MR) is 59.0 cm³/mol. The summed E-state index contributed by atoms with van der Waals surface area (Å²) in [6.45, 7) is 0. The minimum absolute atomic E-state index is 0.0460. The third kappa shape index (κ3) is 2.44. The fourth-order valence-corrected chi connectivity index (χ4v) is 1.30. The molecule has 0 heterocycles. The van der Waals surface area contributed by atoms with Gasteiger partial charge < -0.3 is 15.6 Å². The fraction of sp³-hybridized carbons (Fsp3) is 0. The number of nitrogen functional groups attached to an aromatic ring is 1. The van der Waals surface area contributed by atoms with Crippen LogP contribution in [0.3, 0.4) is 0 Å². The van der Waals surface area contributed by atoms with Crippen molar-refractivity contribution in [3.8, 4) is 17.2 Å². The van der Waals surface area contributed by atoms with Gasteiger partial charge in [0, 0.05) is 17.8 Å². The molecule has 17 heavy (non-hydrogen) atoms. The number of phenols is 1. The summed E-state index contributed by atoms with van der Waals surface area (Å²) < 4.78 is 31.0. The number of anilines is 1. The van der Waals surface area contributed by atoms with Crippen LogP contribution in [-0.4, -0.2) is 5.11 Å². The number of phenolic OH excluding ortho intramolecular Hbond substituents is 1. The molecule has 0 aliphatic carbocycles. The molecular weight excluding hydrogens is 228 g/mol. The Labute approximate surface area is 96.1 Å². The molecule has 0 fully saturated rings. The Balaban J connectivity index is 2.31. The zero-order valence-electron chi connectivity index (χ0n) is 8.65. The van der Waals surface area contributed by atoms with Gasteiger partial charge in [-0.15, -0.1) is 0 Å². The van der Waals surface area contributed by atoms with Crippen molar-refractivity contribution in [3.05, 3.63) is 48.0 Å². The Morgan fingerprint density at radius 2 is 1.71 bits per heavy atom. The van der Waals surface area contributed by atoms with Gasteiger partial charge in [0.15, 0.2) is 23.1 Å². The zero-order chi connectivity index (χ0) is 12.4. The van der Waals surface area contributed by atoms with E-state index in [4.69, 9.17) is 10.5 Å². The Morgan fingerprint density at radius 1 is 1.00 bits per heavy atom. The molecular formula is C12H9F2NO2. The number of halogens is 2. The minimum atomic E-state index is -0.846. The summed E-state index contributed by atoms with van der Waals surface area (Å²) in [5.74, 6) is -1.89. The SMILES string of the molecule is Nc1ccc(Oc2ccc(F)cc2F)c(O)c1. The Kier molecular flexibility index (Phi) is 2.82. The molecule has 0 saturated carbocycles. The molecule has 0 atom stereocenters. The minimum Gasteiger partial charge on any atom is -0.504 e. The van der Waals surface area contributed by atoms with E-state index in [1.54, 1.807) is 0 Å². The number of hydrogen-bond acceptors (Lipinski definition) is 3. The normalized spacial score (nSPS) is 10.2. The van der Waals surface area contributed by atoms with Crippen LogP contribution in [0, 0.1) is 11.6 Å². The summed E-state index contributed by atoms with van der Waals surface area (Å²) >= 11 is 0. The van der Waals surface area contributed by atoms with Gasteiger partial charge in [-0.2, -0.15) is 0 Å². The molecule has 3 N–H and O–H groups in total. The lowest BCUT2D eigenvalue weighted by molar-refractivity contribution is 0.394. The average molecular weight is 237 g/mol. The van der Waals surface area contributed by atoms with Gasteiger partial charge in [0.25, 0.3) is 0 Å². The smallest absolute Gasteiger partial charge is 0.169 e. The second-order valence-electron chi connectivity index (χ2n) is 3.40. The lowest BCUT2D eigenvalue weighted by Crippen LogP contribution is -1.91. The average Bonchev–Trinajstić information content (AvgIpc) is 2.25. The van der Waals surface area contributed by atoms with E-state index in [0.717, 1.165) is 12.1 Å². The molecule has 0 saturated heterocycles. The Hall–Kier alpha value is -2.30. The van der Waals surface area contributed by atoms with Crippen LogP contribution in [0.15, 0.2) is 36.4 Å². The number of hydrogen-bond donors (Lipinski definition) is 2. The van der Waals surface area contributed by atoms with Crippen LogP contribution in [0.2, 0.25) is 0 Å². The highest BCUT2D eigenvalue weighted by Crippen LogP contribution is 2.33. The number of aromatic hydroxyl groups is 1. The van der Waals surface area contributed by atoms with Crippen LogP contribution in [0.25, 0.3) is 0 Å². The van der Waals surface area contributed by atoms with Crippen molar-refractivity contribution >= 4 is 5.69 Å². The van der Waals surface area contributed by atoms with Crippen molar-refractivity contribution in [2.75, 3.05) is 5.73 Å². The van der Waals surface area contributed by atoms with E-state index in [9.17, 15) is 13.9 Å². The van der Waals surface area contributed by atoms with Gasteiger partial charge in [-0.3, -0.25) is 0 Å². The van der Waals surface area contributed by atoms with E-state index in [0.29, 0.717) is 11.8 Å². The fourth-order valence-electron chi connectivity index (χ4n) is 1.30. The molecule has 0 spiro atoms. The topological polar surface area (TPSA) is 55.5 Å². The molecule has 2 aromatic carbocycles. The van der Waals surface area contributed by atoms with Gasteiger partial charge in [0.2, 0.25) is 0 Å². The van der Waals surface area contributed by atoms with Crippen molar-refractivity contribution in [3.63, 3.8) is 0 Å². The van der Waals surface area contributed by atoms with Gasteiger partial charge >= 0.3 is 0 Å². The summed E-state index contributed by atoms with van der Waals surface area (Å²) in [4.78, 5) is 0. The molecule has 0 aromatic heterocycles. The van der Waals surface area contributed by atoms with E-state index >= 15 is 0 Å². The lowest BCUT2D eigenvalue weighted by Gasteiger charge is -2.08. The van der Waals surface area contributed by atoms with E-state index in [-0.39, 0.29) is 17.2 Å². The summed E-state index contributed by atoms with van der Waals surface area (Å²) in [7, 11) is 0. The highest BCUT2D eigenvalue weighted by molar-refractivity contribution is 5.52. The molecule has 0 radical (unpaired) electrons. The van der Waals surface area contributed by atoms with Gasteiger partial charge in [-0.1, -0.05) is 0 Å². The van der Waals surface area contributed by atoms with Crippen LogP contribution in [0.1, 0.15) is 0 Å². The first-order chi connectivity index (χ1) is 8.06. The van der Waals surface area contributed by atoms with Crippen LogP contribution < -0.4 is 10.5 Å². The third-order valence-electron chi connectivity index (χ3n) is 2.10.